The highest BCUT2D eigenvalue weighted by atomic mass is 16.5. The van der Waals surface area contributed by atoms with Crippen LogP contribution in [0.15, 0.2) is 0 Å². The van der Waals surface area contributed by atoms with E-state index in [4.69, 9.17) is 14.9 Å². The molecule has 0 radical (unpaired) electrons. The second-order valence-corrected chi connectivity index (χ2v) is 4.16. The predicted octanol–water partition coefficient (Wildman–Crippen LogP) is 0.324. The molecule has 0 aromatic heterocycles. The van der Waals surface area contributed by atoms with Crippen molar-refractivity contribution < 1.29 is 19.7 Å². The number of hydrogen-bond donors (Lipinski definition) is 2. The van der Waals surface area contributed by atoms with Gasteiger partial charge in [-0.15, -0.1) is 0 Å². The van der Waals surface area contributed by atoms with Crippen molar-refractivity contribution in [1.82, 2.24) is 4.90 Å². The number of aliphatic hydroxyl groups excluding tert-OH is 1. The first-order valence-corrected chi connectivity index (χ1v) is 5.89. The molecular formula is C11H21NO4. The van der Waals surface area contributed by atoms with E-state index in [1.807, 2.05) is 0 Å². The van der Waals surface area contributed by atoms with E-state index in [1.54, 1.807) is 0 Å². The zero-order chi connectivity index (χ0) is 11.8. The van der Waals surface area contributed by atoms with Gasteiger partial charge in [0.05, 0.1) is 12.5 Å². The number of rotatable bonds is 8. The normalized spacial score (nSPS) is 20.5. The topological polar surface area (TPSA) is 70.0 Å². The number of hydrogen-bond acceptors (Lipinski definition) is 4. The lowest BCUT2D eigenvalue weighted by Gasteiger charge is -2.24. The van der Waals surface area contributed by atoms with Crippen LogP contribution in [0.1, 0.15) is 25.7 Å². The molecule has 0 bridgehead atoms. The van der Waals surface area contributed by atoms with Crippen molar-refractivity contribution in [2.24, 2.45) is 0 Å². The molecule has 1 unspecified atom stereocenters. The highest BCUT2D eigenvalue weighted by molar-refractivity contribution is 5.66. The summed E-state index contributed by atoms with van der Waals surface area (Å²) in [7, 11) is 0. The lowest BCUT2D eigenvalue weighted by atomic mass is 10.2. The third-order valence-corrected chi connectivity index (χ3v) is 2.76. The third kappa shape index (κ3) is 5.44. The lowest BCUT2D eigenvalue weighted by molar-refractivity contribution is -0.137. The molecule has 2 N–H and O–H groups in total. The summed E-state index contributed by atoms with van der Waals surface area (Å²) in [4.78, 5) is 12.6. The van der Waals surface area contributed by atoms with Crippen LogP contribution in [0.2, 0.25) is 0 Å². The summed E-state index contributed by atoms with van der Waals surface area (Å²) in [5.41, 5.74) is 0. The van der Waals surface area contributed by atoms with Crippen molar-refractivity contribution in [3.63, 3.8) is 0 Å². The highest BCUT2D eigenvalue weighted by Gasteiger charge is 2.19. The Labute approximate surface area is 96.0 Å². The minimum absolute atomic E-state index is 0.148. The summed E-state index contributed by atoms with van der Waals surface area (Å²) >= 11 is 0. The Morgan fingerprint density at radius 1 is 1.44 bits per heavy atom. The van der Waals surface area contributed by atoms with Gasteiger partial charge in [0.1, 0.15) is 0 Å². The Kier molecular flexibility index (Phi) is 6.37. The molecule has 0 amide bonds. The molecular weight excluding hydrogens is 210 g/mol. The number of ether oxygens (including phenoxy) is 1. The SMILES string of the molecule is O=C(O)CCN(CCCO)CC1CCCO1. The molecule has 1 heterocycles. The van der Waals surface area contributed by atoms with E-state index in [0.29, 0.717) is 13.0 Å². The second-order valence-electron chi connectivity index (χ2n) is 4.16. The molecule has 5 nitrogen and oxygen atoms in total. The van der Waals surface area contributed by atoms with Crippen molar-refractivity contribution in [2.45, 2.75) is 31.8 Å². The monoisotopic (exact) mass is 231 g/mol. The van der Waals surface area contributed by atoms with Gasteiger partial charge in [0.15, 0.2) is 0 Å². The van der Waals surface area contributed by atoms with Crippen LogP contribution in [0.25, 0.3) is 0 Å². The predicted molar refractivity (Wildman–Crippen MR) is 59.4 cm³/mol. The van der Waals surface area contributed by atoms with Crippen molar-refractivity contribution in [1.29, 1.82) is 0 Å². The largest absolute Gasteiger partial charge is 0.481 e. The molecule has 1 atom stereocenters. The summed E-state index contributed by atoms with van der Waals surface area (Å²) in [5, 5.41) is 17.4. The van der Waals surface area contributed by atoms with Crippen molar-refractivity contribution in [2.75, 3.05) is 32.8 Å². The first kappa shape index (κ1) is 13.4. The van der Waals surface area contributed by atoms with Gasteiger partial charge in [-0.2, -0.15) is 0 Å². The smallest absolute Gasteiger partial charge is 0.304 e. The van der Waals surface area contributed by atoms with Crippen LogP contribution >= 0.6 is 0 Å². The van der Waals surface area contributed by atoms with Gasteiger partial charge >= 0.3 is 5.97 Å². The van der Waals surface area contributed by atoms with Gasteiger partial charge in [-0.25, -0.2) is 0 Å². The summed E-state index contributed by atoms with van der Waals surface area (Å²) in [6, 6.07) is 0. The van der Waals surface area contributed by atoms with E-state index < -0.39 is 5.97 Å². The zero-order valence-corrected chi connectivity index (χ0v) is 9.60. The summed E-state index contributed by atoms with van der Waals surface area (Å²) < 4.78 is 5.52. The van der Waals surface area contributed by atoms with E-state index in [9.17, 15) is 4.79 Å². The van der Waals surface area contributed by atoms with Gasteiger partial charge in [-0.05, 0) is 19.3 Å². The Hall–Kier alpha value is -0.650. The molecule has 0 saturated carbocycles. The fourth-order valence-electron chi connectivity index (χ4n) is 1.92. The number of nitrogens with zero attached hydrogens (tertiary/aromatic N) is 1. The Balaban J connectivity index is 2.26. The molecule has 1 aliphatic rings. The van der Waals surface area contributed by atoms with Gasteiger partial charge in [0.25, 0.3) is 0 Å². The molecule has 0 aromatic rings. The van der Waals surface area contributed by atoms with Crippen LogP contribution in [0.3, 0.4) is 0 Å². The maximum absolute atomic E-state index is 10.5. The minimum atomic E-state index is -0.777. The molecule has 16 heavy (non-hydrogen) atoms. The van der Waals surface area contributed by atoms with Crippen LogP contribution in [-0.4, -0.2) is 60.0 Å². The maximum Gasteiger partial charge on any atom is 0.304 e. The standard InChI is InChI=1S/C11H21NO4/c13-7-2-5-12(6-4-11(14)15)9-10-3-1-8-16-10/h10,13H,1-9H2,(H,14,15). The van der Waals surface area contributed by atoms with Crippen molar-refractivity contribution in [3.8, 4) is 0 Å². The number of carbonyl (C=O) groups is 1. The summed E-state index contributed by atoms with van der Waals surface area (Å²) in [6.45, 7) is 3.03. The Morgan fingerprint density at radius 2 is 2.25 bits per heavy atom. The molecule has 1 saturated heterocycles. The number of aliphatic carboxylic acids is 1. The average Bonchev–Trinajstić information content (AvgIpc) is 2.74. The average molecular weight is 231 g/mol. The minimum Gasteiger partial charge on any atom is -0.481 e. The van der Waals surface area contributed by atoms with Crippen molar-refractivity contribution >= 4 is 5.97 Å². The van der Waals surface area contributed by atoms with Gasteiger partial charge in [-0.1, -0.05) is 0 Å². The van der Waals surface area contributed by atoms with Gasteiger partial charge in [-0.3, -0.25) is 4.79 Å². The van der Waals surface area contributed by atoms with Crippen LogP contribution in [0.5, 0.6) is 0 Å². The Bertz CT molecular complexity index is 204. The van der Waals surface area contributed by atoms with Crippen LogP contribution in [0.4, 0.5) is 0 Å². The highest BCUT2D eigenvalue weighted by Crippen LogP contribution is 2.13. The van der Waals surface area contributed by atoms with E-state index >= 15 is 0 Å². The number of carboxylic acids is 1. The van der Waals surface area contributed by atoms with E-state index in [-0.39, 0.29) is 19.1 Å². The molecule has 0 aliphatic carbocycles. The van der Waals surface area contributed by atoms with E-state index in [2.05, 4.69) is 4.90 Å². The fourth-order valence-corrected chi connectivity index (χ4v) is 1.92. The summed E-state index contributed by atoms with van der Waals surface area (Å²) in [6.07, 6.45) is 3.23. The zero-order valence-electron chi connectivity index (χ0n) is 9.60. The molecule has 0 aromatic carbocycles. The van der Waals surface area contributed by atoms with Crippen LogP contribution in [-0.2, 0) is 9.53 Å². The molecule has 0 spiro atoms. The van der Waals surface area contributed by atoms with Gasteiger partial charge in [0.2, 0.25) is 0 Å². The summed E-state index contributed by atoms with van der Waals surface area (Å²) in [5.74, 6) is -0.777. The molecule has 1 aliphatic heterocycles. The van der Waals surface area contributed by atoms with Crippen LogP contribution < -0.4 is 0 Å². The number of aliphatic hydroxyl groups is 1. The van der Waals surface area contributed by atoms with E-state index in [0.717, 1.165) is 32.5 Å². The first-order chi connectivity index (χ1) is 7.72. The maximum atomic E-state index is 10.5. The third-order valence-electron chi connectivity index (χ3n) is 2.76. The molecule has 1 rings (SSSR count). The van der Waals surface area contributed by atoms with Crippen molar-refractivity contribution in [3.05, 3.63) is 0 Å². The fraction of sp³-hybridized carbons (Fsp3) is 0.909. The molecule has 5 heteroatoms. The second kappa shape index (κ2) is 7.60. The van der Waals surface area contributed by atoms with Gasteiger partial charge in [0, 0.05) is 32.8 Å². The Morgan fingerprint density at radius 3 is 2.81 bits per heavy atom. The quantitative estimate of drug-likeness (QED) is 0.630. The molecule has 1 fully saturated rings. The lowest BCUT2D eigenvalue weighted by Crippen LogP contribution is -2.35. The van der Waals surface area contributed by atoms with E-state index in [1.165, 1.54) is 0 Å². The molecule has 94 valence electrons. The van der Waals surface area contributed by atoms with Crippen LogP contribution in [0, 0.1) is 0 Å². The number of carboxylic acid groups (broad SMARTS) is 1. The van der Waals surface area contributed by atoms with Gasteiger partial charge < -0.3 is 19.8 Å². The first-order valence-electron chi connectivity index (χ1n) is 5.89.